The van der Waals surface area contributed by atoms with Gasteiger partial charge in [0.25, 0.3) is 0 Å². The van der Waals surface area contributed by atoms with Gasteiger partial charge >= 0.3 is 0 Å². The molecule has 0 amide bonds. The van der Waals surface area contributed by atoms with Crippen molar-refractivity contribution in [1.82, 2.24) is 4.90 Å². The van der Waals surface area contributed by atoms with E-state index in [1.54, 1.807) is 18.0 Å². The zero-order chi connectivity index (χ0) is 25.6. The van der Waals surface area contributed by atoms with Crippen molar-refractivity contribution in [3.63, 3.8) is 0 Å². The van der Waals surface area contributed by atoms with Gasteiger partial charge in [0, 0.05) is 24.9 Å². The molecule has 4 nitrogen and oxygen atoms in total. The van der Waals surface area contributed by atoms with Crippen LogP contribution in [0.4, 0.5) is 0 Å². The zero-order valence-electron chi connectivity index (χ0n) is 21.7. The lowest BCUT2D eigenvalue weighted by atomic mass is 9.84. The van der Waals surface area contributed by atoms with Crippen molar-refractivity contribution in [2.45, 2.75) is 52.4 Å². The highest BCUT2D eigenvalue weighted by Crippen LogP contribution is 2.27. The summed E-state index contributed by atoms with van der Waals surface area (Å²) in [6, 6.07) is 10.3. The molecule has 2 rings (SSSR count). The highest BCUT2D eigenvalue weighted by molar-refractivity contribution is 8.02. The van der Waals surface area contributed by atoms with E-state index >= 15 is 0 Å². The van der Waals surface area contributed by atoms with Gasteiger partial charge in [-0.1, -0.05) is 81.6 Å². The van der Waals surface area contributed by atoms with E-state index in [4.69, 9.17) is 4.99 Å². The zero-order valence-corrected chi connectivity index (χ0v) is 22.5. The van der Waals surface area contributed by atoms with Crippen LogP contribution in [0.2, 0.25) is 0 Å². The van der Waals surface area contributed by atoms with Gasteiger partial charge in [-0.3, -0.25) is 9.98 Å². The average molecular weight is 480 g/mol. The molecule has 0 bridgehead atoms. The Morgan fingerprint density at radius 1 is 1.24 bits per heavy atom. The second-order valence-corrected chi connectivity index (χ2v) is 9.30. The number of aliphatic hydroxyl groups is 1. The van der Waals surface area contributed by atoms with Crippen molar-refractivity contribution in [2.75, 3.05) is 13.6 Å². The van der Waals surface area contributed by atoms with Crippen LogP contribution in [0.1, 0.15) is 46.6 Å². The lowest BCUT2D eigenvalue weighted by Gasteiger charge is -2.28. The van der Waals surface area contributed by atoms with Crippen LogP contribution < -0.4 is 0 Å². The summed E-state index contributed by atoms with van der Waals surface area (Å²) in [5.41, 5.74) is 2.22. The molecule has 1 N–H and O–H groups in total. The van der Waals surface area contributed by atoms with E-state index in [9.17, 15) is 5.11 Å². The average Bonchev–Trinajstić information content (AvgIpc) is 2.84. The summed E-state index contributed by atoms with van der Waals surface area (Å²) in [5.74, 6) is 1.64. The molecule has 0 spiro atoms. The Morgan fingerprint density at radius 3 is 2.47 bits per heavy atom. The van der Waals surface area contributed by atoms with Crippen molar-refractivity contribution >= 4 is 23.8 Å². The molecule has 0 fully saturated rings. The van der Waals surface area contributed by atoms with E-state index in [1.165, 1.54) is 5.56 Å². The van der Waals surface area contributed by atoms with E-state index in [2.05, 4.69) is 48.5 Å². The third-order valence-electron chi connectivity index (χ3n) is 5.20. The normalized spacial score (nSPS) is 16.3. The quantitative estimate of drug-likeness (QED) is 0.285. The first-order valence-corrected chi connectivity index (χ1v) is 12.8. The van der Waals surface area contributed by atoms with E-state index in [0.29, 0.717) is 18.1 Å². The Morgan fingerprint density at radius 2 is 1.91 bits per heavy atom. The van der Waals surface area contributed by atoms with Crippen LogP contribution in [-0.4, -0.2) is 41.3 Å². The Balaban J connectivity index is 0.00000281. The lowest BCUT2D eigenvalue weighted by molar-refractivity contribution is 0.0376. The Kier molecular flexibility index (Phi) is 13.2. The van der Waals surface area contributed by atoms with Crippen molar-refractivity contribution < 1.29 is 5.11 Å². The van der Waals surface area contributed by atoms with Crippen LogP contribution in [0, 0.1) is 5.92 Å². The predicted octanol–water partition coefficient (Wildman–Crippen LogP) is 7.18. The predicted molar refractivity (Wildman–Crippen MR) is 152 cm³/mol. The standard InChI is InChI=1S/C27H35N3OS.C2H6/c1-7-8-18-28-21(2)26(29-19-23-14-16-25(17-15-23)27(4,5)31)30(6)22(3)32-20-24-12-10-9-11-13-24;1-2/h7-16,18,25,31H,2-3,17,19-20H2,1,4-6H3;1-2H3/b8-7-,28-18?,29-26?;. The number of rotatable bonds is 10. The number of likely N-dealkylation sites (N-methyl/N-ethyl adjacent to an activating group) is 1. The van der Waals surface area contributed by atoms with E-state index in [-0.39, 0.29) is 5.92 Å². The third kappa shape index (κ3) is 10.1. The smallest absolute Gasteiger partial charge is 0.154 e. The number of amidine groups is 1. The number of allylic oxidation sites excluding steroid dienone is 3. The van der Waals surface area contributed by atoms with Crippen molar-refractivity contribution in [2.24, 2.45) is 15.9 Å². The van der Waals surface area contributed by atoms with E-state index in [1.807, 2.05) is 76.9 Å². The number of thioether (sulfide) groups is 1. The molecule has 0 aliphatic heterocycles. The van der Waals surface area contributed by atoms with Crippen LogP contribution in [0.25, 0.3) is 0 Å². The van der Waals surface area contributed by atoms with Crippen molar-refractivity contribution in [3.8, 4) is 0 Å². The number of aliphatic imine (C=N–C) groups is 2. The molecule has 34 heavy (non-hydrogen) atoms. The molecule has 1 atom stereocenters. The highest BCUT2D eigenvalue weighted by Gasteiger charge is 2.25. The summed E-state index contributed by atoms with van der Waals surface area (Å²) in [4.78, 5) is 11.2. The molecule has 0 heterocycles. The summed E-state index contributed by atoms with van der Waals surface area (Å²) in [5, 5.41) is 11.1. The molecular weight excluding hydrogens is 438 g/mol. The fourth-order valence-corrected chi connectivity index (χ4v) is 3.90. The topological polar surface area (TPSA) is 48.2 Å². The molecule has 1 aliphatic carbocycles. The number of hydrogen-bond donors (Lipinski definition) is 1. The van der Waals surface area contributed by atoms with Gasteiger partial charge in [0.1, 0.15) is 0 Å². The molecule has 1 aromatic rings. The molecule has 184 valence electrons. The molecule has 1 unspecified atom stereocenters. The van der Waals surface area contributed by atoms with Crippen LogP contribution in [0.5, 0.6) is 0 Å². The first-order valence-electron chi connectivity index (χ1n) is 11.8. The van der Waals surface area contributed by atoms with Gasteiger partial charge in [0.15, 0.2) is 5.84 Å². The van der Waals surface area contributed by atoms with Crippen LogP contribution in [0.3, 0.4) is 0 Å². The fraction of sp³-hybridized carbons (Fsp3) is 0.379. The highest BCUT2D eigenvalue weighted by atomic mass is 32.2. The maximum atomic E-state index is 10.2. The van der Waals surface area contributed by atoms with Gasteiger partial charge < -0.3 is 10.0 Å². The molecule has 0 radical (unpaired) electrons. The molecule has 0 saturated carbocycles. The number of hydrogen-bond acceptors (Lipinski definition) is 4. The first-order chi connectivity index (χ1) is 16.2. The molecule has 5 heteroatoms. The van der Waals surface area contributed by atoms with Gasteiger partial charge in [0.05, 0.1) is 22.9 Å². The summed E-state index contributed by atoms with van der Waals surface area (Å²) < 4.78 is 0. The maximum Gasteiger partial charge on any atom is 0.154 e. The minimum absolute atomic E-state index is 0.118. The van der Waals surface area contributed by atoms with Crippen LogP contribution in [-0.2, 0) is 5.75 Å². The lowest BCUT2D eigenvalue weighted by Crippen LogP contribution is -2.30. The first kappa shape index (κ1) is 29.4. The van der Waals surface area contributed by atoms with Gasteiger partial charge in [0.2, 0.25) is 0 Å². The Hall–Kier alpha value is -2.63. The second-order valence-electron chi connectivity index (χ2n) is 8.25. The van der Waals surface area contributed by atoms with Crippen molar-refractivity contribution in [3.05, 3.63) is 95.7 Å². The summed E-state index contributed by atoms with van der Waals surface area (Å²) in [6.45, 7) is 18.5. The van der Waals surface area contributed by atoms with Crippen LogP contribution >= 0.6 is 11.8 Å². The largest absolute Gasteiger partial charge is 0.390 e. The van der Waals surface area contributed by atoms with Gasteiger partial charge in [-0.15, -0.1) is 11.8 Å². The minimum atomic E-state index is -0.726. The Labute approximate surface area is 211 Å². The fourth-order valence-electron chi connectivity index (χ4n) is 3.10. The molecule has 1 aliphatic rings. The summed E-state index contributed by atoms with van der Waals surface area (Å²) in [6.07, 6.45) is 12.6. The molecule has 0 saturated heterocycles. The number of nitrogens with zero attached hydrogens (tertiary/aromatic N) is 3. The van der Waals surface area contributed by atoms with Gasteiger partial charge in [-0.2, -0.15) is 0 Å². The summed E-state index contributed by atoms with van der Waals surface area (Å²) in [7, 11) is 1.95. The van der Waals surface area contributed by atoms with Gasteiger partial charge in [-0.05, 0) is 44.4 Å². The third-order valence-corrected chi connectivity index (χ3v) is 6.29. The number of benzene rings is 1. The second kappa shape index (κ2) is 15.3. The van der Waals surface area contributed by atoms with Crippen LogP contribution in [0.15, 0.2) is 100 Å². The monoisotopic (exact) mass is 479 g/mol. The summed E-state index contributed by atoms with van der Waals surface area (Å²) >= 11 is 1.66. The van der Waals surface area contributed by atoms with Gasteiger partial charge in [-0.25, -0.2) is 0 Å². The SMILES string of the molecule is C=C(N=C/C=C\C)C(=NCC1=CCC(C(C)(C)O)C=C1)N(C)C(=C)SCc1ccccc1.CC. The molecular formula is C29H41N3OS. The Bertz CT molecular complexity index is 934. The minimum Gasteiger partial charge on any atom is -0.390 e. The van der Waals surface area contributed by atoms with Crippen molar-refractivity contribution in [1.29, 1.82) is 0 Å². The molecule has 1 aromatic carbocycles. The maximum absolute atomic E-state index is 10.2. The molecule has 0 aromatic heterocycles. The van der Waals surface area contributed by atoms with E-state index in [0.717, 1.165) is 22.8 Å². The van der Waals surface area contributed by atoms with E-state index < -0.39 is 5.60 Å².